The minimum atomic E-state index is 0.567. The molecule has 0 aliphatic heterocycles. The highest BCUT2D eigenvalue weighted by molar-refractivity contribution is 5.89. The van der Waals surface area contributed by atoms with Crippen LogP contribution in [0.1, 0.15) is 11.4 Å². The van der Waals surface area contributed by atoms with Gasteiger partial charge in [-0.15, -0.1) is 0 Å². The molecule has 4 rings (SSSR count). The van der Waals surface area contributed by atoms with Gasteiger partial charge in [0.25, 0.3) is 5.95 Å². The summed E-state index contributed by atoms with van der Waals surface area (Å²) in [5.74, 6) is 1.33. The van der Waals surface area contributed by atoms with E-state index in [1.54, 1.807) is 4.68 Å². The molecule has 6 nitrogen and oxygen atoms in total. The van der Waals surface area contributed by atoms with Crippen molar-refractivity contribution in [3.8, 4) is 5.95 Å². The highest BCUT2D eigenvalue weighted by atomic mass is 15.4. The number of para-hydroxylation sites is 1. The largest absolute Gasteiger partial charge is 0.346 e. The zero-order chi connectivity index (χ0) is 16.7. The van der Waals surface area contributed by atoms with Crippen molar-refractivity contribution in [2.75, 3.05) is 5.32 Å². The Morgan fingerprint density at radius 3 is 2.50 bits per heavy atom. The number of hydrogen-bond donors (Lipinski definition) is 1. The van der Waals surface area contributed by atoms with Gasteiger partial charge in [0, 0.05) is 24.6 Å². The first-order valence-electron chi connectivity index (χ1n) is 7.80. The van der Waals surface area contributed by atoms with E-state index in [2.05, 4.69) is 15.4 Å². The number of aromatic nitrogens is 5. The number of rotatable bonds is 3. The van der Waals surface area contributed by atoms with Crippen molar-refractivity contribution in [1.29, 1.82) is 0 Å². The van der Waals surface area contributed by atoms with Gasteiger partial charge in [0.15, 0.2) is 5.82 Å². The van der Waals surface area contributed by atoms with Gasteiger partial charge in [-0.3, -0.25) is 0 Å². The maximum atomic E-state index is 4.73. The van der Waals surface area contributed by atoms with Crippen molar-refractivity contribution in [2.24, 2.45) is 7.05 Å². The number of nitrogens with zero attached hydrogens (tertiary/aromatic N) is 5. The number of nitrogens with one attached hydrogen (secondary N) is 1. The third-order valence-electron chi connectivity index (χ3n) is 3.94. The van der Waals surface area contributed by atoms with Crippen LogP contribution in [0.5, 0.6) is 0 Å². The number of aryl methyl sites for hydroxylation is 3. The zero-order valence-electron chi connectivity index (χ0n) is 13.9. The molecule has 0 saturated heterocycles. The van der Waals surface area contributed by atoms with Crippen LogP contribution in [0.4, 0.5) is 11.5 Å². The highest BCUT2D eigenvalue weighted by Crippen LogP contribution is 2.25. The van der Waals surface area contributed by atoms with Crippen LogP contribution in [0.2, 0.25) is 0 Å². The maximum absolute atomic E-state index is 4.73. The molecule has 0 aliphatic rings. The van der Waals surface area contributed by atoms with E-state index < -0.39 is 0 Å². The summed E-state index contributed by atoms with van der Waals surface area (Å²) < 4.78 is 3.80. The van der Waals surface area contributed by atoms with Crippen LogP contribution in [0, 0.1) is 13.8 Å². The molecule has 1 aromatic carbocycles. The third kappa shape index (κ3) is 2.42. The van der Waals surface area contributed by atoms with Gasteiger partial charge >= 0.3 is 0 Å². The van der Waals surface area contributed by atoms with Crippen molar-refractivity contribution in [3.05, 3.63) is 60.0 Å². The van der Waals surface area contributed by atoms with Gasteiger partial charge in [-0.1, -0.05) is 18.2 Å². The van der Waals surface area contributed by atoms with Crippen molar-refractivity contribution in [2.45, 2.75) is 13.8 Å². The number of hydrogen-bond acceptors (Lipinski definition) is 4. The lowest BCUT2D eigenvalue weighted by atomic mass is 10.3. The molecule has 120 valence electrons. The van der Waals surface area contributed by atoms with Crippen molar-refractivity contribution >= 4 is 22.5 Å². The summed E-state index contributed by atoms with van der Waals surface area (Å²) in [6.07, 6.45) is 1.99. The quantitative estimate of drug-likeness (QED) is 0.628. The minimum absolute atomic E-state index is 0.567. The van der Waals surface area contributed by atoms with Crippen molar-refractivity contribution in [3.63, 3.8) is 0 Å². The normalized spacial score (nSPS) is 11.1. The number of benzene rings is 1. The molecule has 0 spiro atoms. The molecule has 0 atom stereocenters. The zero-order valence-corrected chi connectivity index (χ0v) is 13.9. The summed E-state index contributed by atoms with van der Waals surface area (Å²) in [6.45, 7) is 3.97. The van der Waals surface area contributed by atoms with Gasteiger partial charge in [-0.25, -0.2) is 9.67 Å². The highest BCUT2D eigenvalue weighted by Gasteiger charge is 2.14. The molecule has 0 amide bonds. The number of fused-ring (bicyclic) bond motifs is 1. The van der Waals surface area contributed by atoms with E-state index >= 15 is 0 Å². The molecule has 24 heavy (non-hydrogen) atoms. The standard InChI is InChI=1S/C18H18N6/c1-12-11-13(2)24(22-12)18-20-15-9-10-23(3)16(15)17(21-18)19-14-7-5-4-6-8-14/h4-11H,1-3H3,(H,19,20,21). The first kappa shape index (κ1) is 14.4. The molecular formula is C18H18N6. The van der Waals surface area contributed by atoms with Gasteiger partial charge in [-0.05, 0) is 38.1 Å². The lowest BCUT2D eigenvalue weighted by Gasteiger charge is -2.11. The summed E-state index contributed by atoms with van der Waals surface area (Å²) in [6, 6.07) is 14.0. The molecule has 0 radical (unpaired) electrons. The van der Waals surface area contributed by atoms with Crippen LogP contribution in [-0.4, -0.2) is 24.3 Å². The van der Waals surface area contributed by atoms with E-state index in [1.807, 2.05) is 74.1 Å². The van der Waals surface area contributed by atoms with Crippen molar-refractivity contribution < 1.29 is 0 Å². The fraction of sp³-hybridized carbons (Fsp3) is 0.167. The van der Waals surface area contributed by atoms with Gasteiger partial charge in [0.05, 0.1) is 11.2 Å². The summed E-state index contributed by atoms with van der Waals surface area (Å²) in [5, 5.41) is 7.90. The molecule has 0 bridgehead atoms. The summed E-state index contributed by atoms with van der Waals surface area (Å²) in [7, 11) is 1.99. The molecule has 0 fully saturated rings. The second-order valence-corrected chi connectivity index (χ2v) is 5.86. The van der Waals surface area contributed by atoms with E-state index in [0.717, 1.165) is 33.9 Å². The minimum Gasteiger partial charge on any atom is -0.346 e. The average Bonchev–Trinajstić information content (AvgIpc) is 3.11. The van der Waals surface area contributed by atoms with E-state index in [1.165, 1.54) is 0 Å². The molecule has 0 aliphatic carbocycles. The van der Waals surface area contributed by atoms with Gasteiger partial charge < -0.3 is 9.88 Å². The average molecular weight is 318 g/mol. The molecule has 1 N–H and O–H groups in total. The first-order chi connectivity index (χ1) is 11.6. The summed E-state index contributed by atoms with van der Waals surface area (Å²) >= 11 is 0. The Morgan fingerprint density at radius 1 is 1.00 bits per heavy atom. The third-order valence-corrected chi connectivity index (χ3v) is 3.94. The van der Waals surface area contributed by atoms with E-state index in [-0.39, 0.29) is 0 Å². The fourth-order valence-corrected chi connectivity index (χ4v) is 2.85. The number of anilines is 2. The second kappa shape index (κ2) is 5.49. The van der Waals surface area contributed by atoms with E-state index in [0.29, 0.717) is 5.95 Å². The lowest BCUT2D eigenvalue weighted by molar-refractivity contribution is 0.780. The summed E-state index contributed by atoms with van der Waals surface area (Å²) in [5.41, 5.74) is 4.78. The molecule has 0 saturated carbocycles. The molecule has 3 heterocycles. The van der Waals surface area contributed by atoms with Gasteiger partial charge in [-0.2, -0.15) is 10.1 Å². The Hall–Kier alpha value is -3.15. The topological polar surface area (TPSA) is 60.6 Å². The summed E-state index contributed by atoms with van der Waals surface area (Å²) in [4.78, 5) is 9.40. The maximum Gasteiger partial charge on any atom is 0.253 e. The smallest absolute Gasteiger partial charge is 0.253 e. The second-order valence-electron chi connectivity index (χ2n) is 5.86. The molecule has 3 aromatic heterocycles. The Labute approximate surface area is 139 Å². The van der Waals surface area contributed by atoms with Crippen LogP contribution >= 0.6 is 0 Å². The van der Waals surface area contributed by atoms with E-state index in [9.17, 15) is 0 Å². The van der Waals surface area contributed by atoms with Gasteiger partial charge in [0.2, 0.25) is 0 Å². The Morgan fingerprint density at radius 2 is 1.79 bits per heavy atom. The SMILES string of the molecule is Cc1cc(C)n(-c2nc(Nc3ccccc3)c3c(ccn3C)n2)n1. The molecule has 0 unspecified atom stereocenters. The molecular weight excluding hydrogens is 300 g/mol. The predicted molar refractivity (Wildman–Crippen MR) is 94.8 cm³/mol. The monoisotopic (exact) mass is 318 g/mol. The first-order valence-corrected chi connectivity index (χ1v) is 7.80. The Balaban J connectivity index is 1.90. The fourth-order valence-electron chi connectivity index (χ4n) is 2.85. The van der Waals surface area contributed by atoms with Crippen LogP contribution in [0.25, 0.3) is 17.0 Å². The Kier molecular flexibility index (Phi) is 3.30. The van der Waals surface area contributed by atoms with E-state index in [4.69, 9.17) is 4.98 Å². The Bertz CT molecular complexity index is 1010. The molecule has 6 heteroatoms. The molecule has 4 aromatic rings. The van der Waals surface area contributed by atoms with Crippen LogP contribution < -0.4 is 5.32 Å². The lowest BCUT2D eigenvalue weighted by Crippen LogP contribution is -2.08. The van der Waals surface area contributed by atoms with Crippen LogP contribution in [-0.2, 0) is 7.05 Å². The van der Waals surface area contributed by atoms with Gasteiger partial charge in [0.1, 0.15) is 5.52 Å². The predicted octanol–water partition coefficient (Wildman–Crippen LogP) is 3.51. The van der Waals surface area contributed by atoms with Crippen molar-refractivity contribution in [1.82, 2.24) is 24.3 Å². The van der Waals surface area contributed by atoms with Crippen LogP contribution in [0.15, 0.2) is 48.7 Å². The van der Waals surface area contributed by atoms with Crippen LogP contribution in [0.3, 0.4) is 0 Å².